The van der Waals surface area contributed by atoms with Crippen molar-refractivity contribution in [2.45, 2.75) is 38.4 Å². The molecule has 0 saturated carbocycles. The van der Waals surface area contributed by atoms with Crippen molar-refractivity contribution in [2.24, 2.45) is 0 Å². The molecule has 8 nitrogen and oxygen atoms in total. The molecule has 2 aromatic carbocycles. The molecule has 1 aromatic heterocycles. The number of hydrogen-bond donors (Lipinski definition) is 1. The molecule has 0 unspecified atom stereocenters. The van der Waals surface area contributed by atoms with E-state index in [9.17, 15) is 9.59 Å². The Bertz CT molecular complexity index is 1260. The first-order valence-corrected chi connectivity index (χ1v) is 11.4. The van der Waals surface area contributed by atoms with Crippen molar-refractivity contribution in [3.8, 4) is 6.07 Å². The largest absolute Gasteiger partial charge is 0.329 e. The SMILES string of the molecule is Cc1cccc(N2C(=O)NC(=O)C23CCN(Cc2cncn2Cc2ccc(C#N)cc2)CC3)c1. The van der Waals surface area contributed by atoms with Crippen LogP contribution < -0.4 is 10.2 Å². The summed E-state index contributed by atoms with van der Waals surface area (Å²) in [6.07, 6.45) is 4.84. The topological polar surface area (TPSA) is 94.3 Å². The molecule has 34 heavy (non-hydrogen) atoms. The average Bonchev–Trinajstić information content (AvgIpc) is 3.36. The number of likely N-dealkylation sites (tertiary alicyclic amines) is 1. The monoisotopic (exact) mass is 454 g/mol. The molecule has 172 valence electrons. The fourth-order valence-corrected chi connectivity index (χ4v) is 4.96. The maximum absolute atomic E-state index is 12.9. The van der Waals surface area contributed by atoms with E-state index in [-0.39, 0.29) is 11.9 Å². The molecule has 8 heteroatoms. The van der Waals surface area contributed by atoms with Gasteiger partial charge in [0, 0.05) is 38.1 Å². The number of imide groups is 1. The first-order chi connectivity index (χ1) is 16.5. The van der Waals surface area contributed by atoms with Gasteiger partial charge in [-0.15, -0.1) is 0 Å². The number of carbonyl (C=O) groups is 2. The van der Waals surface area contributed by atoms with Gasteiger partial charge >= 0.3 is 6.03 Å². The van der Waals surface area contributed by atoms with Crippen molar-refractivity contribution in [3.63, 3.8) is 0 Å². The number of amides is 3. The molecule has 5 rings (SSSR count). The van der Waals surface area contributed by atoms with Crippen molar-refractivity contribution in [3.05, 3.63) is 83.4 Å². The van der Waals surface area contributed by atoms with Gasteiger partial charge in [0.1, 0.15) is 5.54 Å². The highest BCUT2D eigenvalue weighted by molar-refractivity contribution is 6.17. The quantitative estimate of drug-likeness (QED) is 0.598. The molecule has 1 spiro atoms. The highest BCUT2D eigenvalue weighted by atomic mass is 16.2. The van der Waals surface area contributed by atoms with Crippen molar-refractivity contribution in [1.29, 1.82) is 5.26 Å². The zero-order valence-electron chi connectivity index (χ0n) is 19.1. The number of nitrogens with zero attached hydrogens (tertiary/aromatic N) is 5. The summed E-state index contributed by atoms with van der Waals surface area (Å²) < 4.78 is 2.11. The van der Waals surface area contributed by atoms with E-state index in [4.69, 9.17) is 5.26 Å². The third kappa shape index (κ3) is 3.95. The molecule has 2 fully saturated rings. The van der Waals surface area contributed by atoms with Gasteiger partial charge in [-0.25, -0.2) is 9.78 Å². The summed E-state index contributed by atoms with van der Waals surface area (Å²) in [5, 5.41) is 11.5. The lowest BCUT2D eigenvalue weighted by Gasteiger charge is -2.42. The summed E-state index contributed by atoms with van der Waals surface area (Å²) in [6, 6.07) is 17.1. The average molecular weight is 455 g/mol. The van der Waals surface area contributed by atoms with E-state index in [2.05, 4.69) is 25.8 Å². The van der Waals surface area contributed by atoms with E-state index < -0.39 is 5.54 Å². The number of nitriles is 1. The first kappa shape index (κ1) is 21.9. The van der Waals surface area contributed by atoms with Gasteiger partial charge in [-0.1, -0.05) is 24.3 Å². The van der Waals surface area contributed by atoms with E-state index in [1.807, 2.05) is 68.0 Å². The van der Waals surface area contributed by atoms with Gasteiger partial charge in [-0.2, -0.15) is 5.26 Å². The van der Waals surface area contributed by atoms with Crippen molar-refractivity contribution in [2.75, 3.05) is 18.0 Å². The Balaban J connectivity index is 1.28. The number of hydrogen-bond acceptors (Lipinski definition) is 5. The maximum atomic E-state index is 12.9. The molecule has 3 heterocycles. The molecule has 2 saturated heterocycles. The van der Waals surface area contributed by atoms with Crippen LogP contribution in [0.15, 0.2) is 61.1 Å². The van der Waals surface area contributed by atoms with Gasteiger partial charge in [0.25, 0.3) is 5.91 Å². The second kappa shape index (κ2) is 8.76. The molecule has 2 aliphatic rings. The Morgan fingerprint density at radius 1 is 1.09 bits per heavy atom. The molecule has 3 aromatic rings. The van der Waals surface area contributed by atoms with Gasteiger partial charge in [0.2, 0.25) is 0 Å². The Kier molecular flexibility index (Phi) is 5.64. The Hall–Kier alpha value is -3.96. The summed E-state index contributed by atoms with van der Waals surface area (Å²) >= 11 is 0. The molecule has 0 aliphatic carbocycles. The summed E-state index contributed by atoms with van der Waals surface area (Å²) in [4.78, 5) is 34.0. The lowest BCUT2D eigenvalue weighted by Crippen LogP contribution is -2.56. The van der Waals surface area contributed by atoms with Crippen LogP contribution in [0.2, 0.25) is 0 Å². The van der Waals surface area contributed by atoms with E-state index in [0.717, 1.165) is 22.5 Å². The fraction of sp³-hybridized carbons (Fsp3) is 0.308. The number of carbonyl (C=O) groups excluding carboxylic acids is 2. The highest BCUT2D eigenvalue weighted by Crippen LogP contribution is 2.37. The van der Waals surface area contributed by atoms with Crippen LogP contribution in [0, 0.1) is 18.3 Å². The van der Waals surface area contributed by atoms with Crippen LogP contribution >= 0.6 is 0 Å². The Morgan fingerprint density at radius 2 is 1.85 bits per heavy atom. The lowest BCUT2D eigenvalue weighted by atomic mass is 9.85. The van der Waals surface area contributed by atoms with Crippen LogP contribution in [-0.4, -0.2) is 45.0 Å². The highest BCUT2D eigenvalue weighted by Gasteiger charge is 2.54. The molecular weight excluding hydrogens is 428 g/mol. The zero-order valence-corrected chi connectivity index (χ0v) is 19.1. The minimum absolute atomic E-state index is 0.204. The minimum Gasteiger partial charge on any atom is -0.329 e. The molecule has 3 amide bonds. The van der Waals surface area contributed by atoms with E-state index in [1.54, 1.807) is 4.90 Å². The number of anilines is 1. The van der Waals surface area contributed by atoms with Gasteiger partial charge in [-0.05, 0) is 55.2 Å². The van der Waals surface area contributed by atoms with Crippen LogP contribution in [0.25, 0.3) is 0 Å². The zero-order chi connectivity index (χ0) is 23.7. The number of piperidine rings is 1. The number of aryl methyl sites for hydroxylation is 1. The number of imidazole rings is 1. The summed E-state index contributed by atoms with van der Waals surface area (Å²) in [6.45, 7) is 4.77. The van der Waals surface area contributed by atoms with Gasteiger partial charge in [0.05, 0.1) is 23.7 Å². The number of urea groups is 1. The smallest absolute Gasteiger partial charge is 0.329 e. The molecule has 1 N–H and O–H groups in total. The summed E-state index contributed by atoms with van der Waals surface area (Å²) in [5.74, 6) is -0.204. The first-order valence-electron chi connectivity index (χ1n) is 11.4. The Morgan fingerprint density at radius 3 is 2.56 bits per heavy atom. The number of rotatable bonds is 5. The number of benzene rings is 2. The van der Waals surface area contributed by atoms with Crippen LogP contribution in [0.1, 0.15) is 35.2 Å². The van der Waals surface area contributed by atoms with Crippen LogP contribution in [0.5, 0.6) is 0 Å². The van der Waals surface area contributed by atoms with E-state index >= 15 is 0 Å². The van der Waals surface area contributed by atoms with Gasteiger partial charge in [0.15, 0.2) is 0 Å². The molecule has 2 aliphatic heterocycles. The molecular formula is C26H26N6O2. The maximum Gasteiger partial charge on any atom is 0.329 e. The van der Waals surface area contributed by atoms with Crippen molar-refractivity contribution in [1.82, 2.24) is 19.8 Å². The second-order valence-corrected chi connectivity index (χ2v) is 9.06. The standard InChI is InChI=1S/C26H26N6O2/c1-19-3-2-4-22(13-19)32-25(34)29-24(33)26(32)9-11-30(12-10-26)17-23-15-28-18-31(23)16-21-7-5-20(14-27)6-8-21/h2-8,13,15,18H,9-12,16-17H2,1H3,(H,29,33,34). The third-order valence-corrected chi connectivity index (χ3v) is 6.84. The minimum atomic E-state index is -0.843. The normalized spacial score (nSPS) is 17.7. The fourth-order valence-electron chi connectivity index (χ4n) is 4.96. The number of nitrogens with one attached hydrogen (secondary N) is 1. The van der Waals surface area contributed by atoms with Crippen molar-refractivity contribution < 1.29 is 9.59 Å². The lowest BCUT2D eigenvalue weighted by molar-refractivity contribution is -0.124. The third-order valence-electron chi connectivity index (χ3n) is 6.84. The second-order valence-electron chi connectivity index (χ2n) is 9.06. The predicted molar refractivity (Wildman–Crippen MR) is 127 cm³/mol. The molecule has 0 radical (unpaired) electrons. The van der Waals surface area contributed by atoms with Gasteiger partial charge < -0.3 is 4.57 Å². The van der Waals surface area contributed by atoms with Crippen LogP contribution in [-0.2, 0) is 17.9 Å². The summed E-state index contributed by atoms with van der Waals surface area (Å²) in [5.41, 5.74) is 3.80. The predicted octanol–water partition coefficient (Wildman–Crippen LogP) is 3.20. The van der Waals surface area contributed by atoms with E-state index in [0.29, 0.717) is 44.6 Å². The van der Waals surface area contributed by atoms with Crippen LogP contribution in [0.4, 0.5) is 10.5 Å². The molecule has 0 bridgehead atoms. The van der Waals surface area contributed by atoms with Crippen molar-refractivity contribution >= 4 is 17.6 Å². The van der Waals surface area contributed by atoms with E-state index in [1.165, 1.54) is 0 Å². The van der Waals surface area contributed by atoms with Gasteiger partial charge in [-0.3, -0.25) is 19.9 Å². The van der Waals surface area contributed by atoms with Crippen LogP contribution in [0.3, 0.4) is 0 Å². The Labute approximate surface area is 198 Å². The number of aromatic nitrogens is 2. The summed E-state index contributed by atoms with van der Waals surface area (Å²) in [7, 11) is 0. The molecule has 0 atom stereocenters.